The zero-order valence-corrected chi connectivity index (χ0v) is 21.1. The molecule has 1 amide bonds. The molecule has 38 heavy (non-hydrogen) atoms. The van der Waals surface area contributed by atoms with Crippen molar-refractivity contribution in [3.05, 3.63) is 76.5 Å². The van der Waals surface area contributed by atoms with E-state index in [-0.39, 0.29) is 41.2 Å². The van der Waals surface area contributed by atoms with E-state index in [0.717, 1.165) is 18.3 Å². The zero-order chi connectivity index (χ0) is 27.2. The molecule has 2 atom stereocenters. The lowest BCUT2D eigenvalue weighted by atomic mass is 9.84. The smallest absolute Gasteiger partial charge is 0.416 e. The molecule has 1 saturated heterocycles. The van der Waals surface area contributed by atoms with Crippen LogP contribution in [-0.4, -0.2) is 51.9 Å². The summed E-state index contributed by atoms with van der Waals surface area (Å²) in [5.41, 5.74) is 4.44. The molecule has 5 rings (SSSR count). The van der Waals surface area contributed by atoms with Gasteiger partial charge in [0, 0.05) is 35.5 Å². The first kappa shape index (κ1) is 25.9. The third-order valence-electron chi connectivity index (χ3n) is 6.67. The normalized spacial score (nSPS) is 21.2. The number of hydrogen-bond donors (Lipinski definition) is 1. The molecule has 0 saturated carbocycles. The second-order valence-corrected chi connectivity index (χ2v) is 10.0. The van der Waals surface area contributed by atoms with Crippen molar-refractivity contribution in [1.29, 1.82) is 0 Å². The molecule has 2 N–H and O–H groups in total. The van der Waals surface area contributed by atoms with Crippen molar-refractivity contribution in [2.24, 2.45) is 16.6 Å². The number of primary amides is 1. The van der Waals surface area contributed by atoms with Crippen LogP contribution in [0.2, 0.25) is 0 Å². The number of nitrogens with two attached hydrogens (primary N) is 1. The lowest BCUT2D eigenvalue weighted by Gasteiger charge is -2.35. The average molecular weight is 547 g/mol. The molecule has 0 unspecified atom stereocenters. The summed E-state index contributed by atoms with van der Waals surface area (Å²) in [5, 5.41) is 0.463. The monoisotopic (exact) mass is 546 g/mol. The highest BCUT2D eigenvalue weighted by Gasteiger charge is 2.53. The van der Waals surface area contributed by atoms with Crippen LogP contribution in [0.15, 0.2) is 47.6 Å². The molecule has 2 aromatic heterocycles. The van der Waals surface area contributed by atoms with Gasteiger partial charge in [-0.15, -0.1) is 11.8 Å². The highest BCUT2D eigenvalue weighted by atomic mass is 32.2. The van der Waals surface area contributed by atoms with E-state index in [1.165, 1.54) is 25.8 Å². The Morgan fingerprint density at radius 2 is 2.00 bits per heavy atom. The maximum absolute atomic E-state index is 14.4. The van der Waals surface area contributed by atoms with Gasteiger partial charge in [-0.05, 0) is 25.1 Å². The van der Waals surface area contributed by atoms with Gasteiger partial charge in [-0.25, -0.2) is 4.98 Å². The van der Waals surface area contributed by atoms with Gasteiger partial charge in [0.15, 0.2) is 0 Å². The number of nitrogens with zero attached hydrogens (tertiary/aromatic N) is 5. The molecule has 8 nitrogen and oxygen atoms in total. The third-order valence-corrected chi connectivity index (χ3v) is 7.83. The lowest BCUT2D eigenvalue weighted by Crippen LogP contribution is -2.40. The van der Waals surface area contributed by atoms with Crippen LogP contribution in [0.1, 0.15) is 32.9 Å². The number of alkyl halides is 3. The third kappa shape index (κ3) is 4.44. The number of amides is 1. The van der Waals surface area contributed by atoms with Crippen molar-refractivity contribution in [3.8, 4) is 5.88 Å². The largest absolute Gasteiger partial charge is 0.479 e. The number of halogens is 4. The number of anilines is 1. The van der Waals surface area contributed by atoms with Gasteiger partial charge in [-0.2, -0.15) is 22.5 Å². The number of fused-ring (bicyclic) bond motifs is 1. The van der Waals surface area contributed by atoms with E-state index in [4.69, 9.17) is 15.5 Å². The molecule has 0 radical (unpaired) electrons. The summed E-state index contributed by atoms with van der Waals surface area (Å²) in [7, 11) is 1.29. The summed E-state index contributed by atoms with van der Waals surface area (Å²) in [6, 6.07) is 8.58. The van der Waals surface area contributed by atoms with Crippen LogP contribution >= 0.6 is 11.8 Å². The predicted molar refractivity (Wildman–Crippen MR) is 134 cm³/mol. The molecular formula is C25H22F4N6O2S. The highest BCUT2D eigenvalue weighted by Crippen LogP contribution is 2.48. The van der Waals surface area contributed by atoms with Crippen LogP contribution in [0.4, 0.5) is 23.5 Å². The maximum atomic E-state index is 14.4. The molecule has 0 aliphatic carbocycles. The van der Waals surface area contributed by atoms with E-state index in [1.54, 1.807) is 29.2 Å². The van der Waals surface area contributed by atoms with E-state index in [9.17, 15) is 22.4 Å². The fraction of sp³-hybridized carbons (Fsp3) is 0.320. The van der Waals surface area contributed by atoms with Crippen molar-refractivity contribution < 1.29 is 27.1 Å². The summed E-state index contributed by atoms with van der Waals surface area (Å²) >= 11 is 1.38. The molecular weight excluding hydrogens is 524 g/mol. The minimum atomic E-state index is -4.58. The predicted octanol–water partition coefficient (Wildman–Crippen LogP) is 3.97. The van der Waals surface area contributed by atoms with Crippen LogP contribution in [0, 0.1) is 18.7 Å². The first-order chi connectivity index (χ1) is 18.0. The van der Waals surface area contributed by atoms with Gasteiger partial charge in [-0.3, -0.25) is 14.8 Å². The topological polar surface area (TPSA) is 107 Å². The number of methoxy groups -OCH3 is 1. The number of aromatic nitrogens is 3. The summed E-state index contributed by atoms with van der Waals surface area (Å²) in [6.45, 7) is 1.87. The Hall–Kier alpha value is -3.74. The number of rotatable bonds is 5. The van der Waals surface area contributed by atoms with Crippen molar-refractivity contribution in [3.63, 3.8) is 0 Å². The molecule has 0 bridgehead atoms. The molecule has 2 aliphatic heterocycles. The highest BCUT2D eigenvalue weighted by molar-refractivity contribution is 8.14. The van der Waals surface area contributed by atoms with E-state index >= 15 is 0 Å². The zero-order valence-electron chi connectivity index (χ0n) is 20.3. The van der Waals surface area contributed by atoms with Crippen molar-refractivity contribution in [1.82, 2.24) is 15.0 Å². The Labute approximate surface area is 219 Å². The Kier molecular flexibility index (Phi) is 6.49. The molecule has 0 spiro atoms. The number of aryl methyl sites for hydroxylation is 1. The van der Waals surface area contributed by atoms with E-state index in [2.05, 4.69) is 15.0 Å². The average Bonchev–Trinajstić information content (AvgIpc) is 3.30. The Morgan fingerprint density at radius 1 is 1.24 bits per heavy atom. The molecule has 13 heteroatoms. The van der Waals surface area contributed by atoms with Gasteiger partial charge in [0.1, 0.15) is 5.54 Å². The Bertz CT molecular complexity index is 1450. The number of carbonyl (C=O) groups excluding carboxylic acids is 1. The number of thioether (sulfide) groups is 1. The minimum absolute atomic E-state index is 0.0712. The second kappa shape index (κ2) is 9.53. The van der Waals surface area contributed by atoms with Crippen LogP contribution in [0.25, 0.3) is 0 Å². The Morgan fingerprint density at radius 3 is 2.71 bits per heavy atom. The molecule has 4 heterocycles. The number of ether oxygens (including phenoxy) is 1. The SMILES string of the molecule is COc1nc(N2C[C@H]3CSC(c4ccccc4C(N)=O)=N[C@@]3(c3cc(C(F)(F)F)ccn3)C2)nc(C)c1F. The molecule has 198 valence electrons. The first-order valence-electron chi connectivity index (χ1n) is 11.5. The van der Waals surface area contributed by atoms with Gasteiger partial charge in [0.2, 0.25) is 17.7 Å². The maximum Gasteiger partial charge on any atom is 0.416 e. The van der Waals surface area contributed by atoms with Crippen molar-refractivity contribution >= 4 is 28.7 Å². The number of carbonyl (C=O) groups is 1. The van der Waals surface area contributed by atoms with Crippen molar-refractivity contribution in [2.45, 2.75) is 18.6 Å². The number of pyridine rings is 1. The molecule has 1 fully saturated rings. The lowest BCUT2D eigenvalue weighted by molar-refractivity contribution is -0.137. The molecule has 3 aromatic rings. The van der Waals surface area contributed by atoms with Crippen molar-refractivity contribution in [2.75, 3.05) is 30.9 Å². The van der Waals surface area contributed by atoms with Gasteiger partial charge in [0.25, 0.3) is 5.88 Å². The van der Waals surface area contributed by atoms with Crippen LogP contribution < -0.4 is 15.4 Å². The number of hydrogen-bond acceptors (Lipinski definition) is 8. The fourth-order valence-corrected chi connectivity index (χ4v) is 6.07. The minimum Gasteiger partial charge on any atom is -0.479 e. The summed E-state index contributed by atoms with van der Waals surface area (Å²) in [5.74, 6) is -1.25. The summed E-state index contributed by atoms with van der Waals surface area (Å²) < 4.78 is 60.4. The first-order valence-corrected chi connectivity index (χ1v) is 12.5. The molecule has 2 aliphatic rings. The standard InChI is InChI=1S/C25H22F4N6O2S/c1-13-19(26)21(37-2)33-23(32-13)35-10-15-11-38-22(17-6-4-3-5-16(17)20(30)36)34-24(15,12-35)18-9-14(7-8-31-18)25(27,28)29/h3-9,15H,10-12H2,1-2H3,(H2,30,36)/t15-,24-/m0/s1. The summed E-state index contributed by atoms with van der Waals surface area (Å²) in [6.07, 6.45) is -3.47. The van der Waals surface area contributed by atoms with Gasteiger partial charge >= 0.3 is 6.18 Å². The number of benzene rings is 1. The summed E-state index contributed by atoms with van der Waals surface area (Å²) in [4.78, 5) is 31.6. The molecule has 1 aromatic carbocycles. The van der Waals surface area contributed by atoms with Crippen LogP contribution in [0.5, 0.6) is 5.88 Å². The van der Waals surface area contributed by atoms with Crippen LogP contribution in [0.3, 0.4) is 0 Å². The quantitative estimate of drug-likeness (QED) is 0.483. The van der Waals surface area contributed by atoms with Gasteiger partial charge < -0.3 is 15.4 Å². The van der Waals surface area contributed by atoms with Crippen LogP contribution in [-0.2, 0) is 11.7 Å². The van der Waals surface area contributed by atoms with E-state index in [0.29, 0.717) is 22.9 Å². The fourth-order valence-electron chi connectivity index (χ4n) is 4.77. The van der Waals surface area contributed by atoms with E-state index < -0.39 is 29.0 Å². The Balaban J connectivity index is 1.67. The van der Waals surface area contributed by atoms with Gasteiger partial charge in [-0.1, -0.05) is 18.2 Å². The van der Waals surface area contributed by atoms with E-state index in [1.807, 2.05) is 0 Å². The number of aliphatic imine (C=N–C) groups is 1. The second-order valence-electron chi connectivity index (χ2n) is 9.00. The van der Waals surface area contributed by atoms with Gasteiger partial charge in [0.05, 0.1) is 35.6 Å².